The molecule has 1 N–H and O–H groups in total. The molecular formula is C15H25BrN2. The third-order valence-electron chi connectivity index (χ3n) is 3.21. The zero-order chi connectivity index (χ0) is 13.6. The lowest BCUT2D eigenvalue weighted by Crippen LogP contribution is -2.40. The normalized spacial score (nSPS) is 13.6. The quantitative estimate of drug-likeness (QED) is 0.852. The van der Waals surface area contributed by atoms with Crippen molar-refractivity contribution in [1.29, 1.82) is 0 Å². The van der Waals surface area contributed by atoms with Crippen molar-refractivity contribution >= 4 is 15.9 Å². The number of hydrogen-bond acceptors (Lipinski definition) is 2. The Labute approximate surface area is 120 Å². The highest BCUT2D eigenvalue weighted by Crippen LogP contribution is 2.23. The van der Waals surface area contributed by atoms with Gasteiger partial charge in [-0.25, -0.2) is 0 Å². The number of halogens is 1. The summed E-state index contributed by atoms with van der Waals surface area (Å²) in [6.07, 6.45) is 5.32. The summed E-state index contributed by atoms with van der Waals surface area (Å²) in [4.78, 5) is 4.42. The van der Waals surface area contributed by atoms with Crippen molar-refractivity contribution in [3.05, 3.63) is 28.5 Å². The lowest BCUT2D eigenvalue weighted by atomic mass is 9.83. The molecule has 18 heavy (non-hydrogen) atoms. The van der Waals surface area contributed by atoms with Gasteiger partial charge in [-0.15, -0.1) is 0 Å². The summed E-state index contributed by atoms with van der Waals surface area (Å²) >= 11 is 3.41. The molecule has 0 fully saturated rings. The first-order valence-corrected chi connectivity index (χ1v) is 7.56. The molecule has 2 nitrogen and oxygen atoms in total. The predicted molar refractivity (Wildman–Crippen MR) is 81.8 cm³/mol. The molecule has 0 aromatic carbocycles. The Balaban J connectivity index is 2.41. The first-order valence-electron chi connectivity index (χ1n) is 6.77. The van der Waals surface area contributed by atoms with Crippen LogP contribution in [0, 0.1) is 5.41 Å². The lowest BCUT2D eigenvalue weighted by molar-refractivity contribution is 0.254. The number of aromatic nitrogens is 1. The average molecular weight is 313 g/mol. The molecule has 1 aromatic rings. The molecule has 1 rings (SSSR count). The fraction of sp³-hybridized carbons (Fsp3) is 0.667. The van der Waals surface area contributed by atoms with Crippen LogP contribution >= 0.6 is 15.9 Å². The first kappa shape index (κ1) is 15.6. The molecule has 102 valence electrons. The van der Waals surface area contributed by atoms with Crippen LogP contribution < -0.4 is 5.32 Å². The molecule has 0 spiro atoms. The van der Waals surface area contributed by atoms with E-state index in [0.717, 1.165) is 17.4 Å². The van der Waals surface area contributed by atoms with E-state index in [9.17, 15) is 0 Å². The summed E-state index contributed by atoms with van der Waals surface area (Å²) in [5, 5.41) is 3.59. The minimum absolute atomic E-state index is 0.323. The first-order chi connectivity index (χ1) is 8.43. The van der Waals surface area contributed by atoms with E-state index in [-0.39, 0.29) is 0 Å². The van der Waals surface area contributed by atoms with Gasteiger partial charge >= 0.3 is 0 Å². The minimum Gasteiger partial charge on any atom is -0.314 e. The van der Waals surface area contributed by atoms with Crippen LogP contribution in [0.25, 0.3) is 0 Å². The summed E-state index contributed by atoms with van der Waals surface area (Å²) in [5.74, 6) is 0. The van der Waals surface area contributed by atoms with Gasteiger partial charge in [-0.2, -0.15) is 0 Å². The van der Waals surface area contributed by atoms with Gasteiger partial charge < -0.3 is 5.32 Å². The highest BCUT2D eigenvalue weighted by atomic mass is 79.9. The molecule has 0 radical (unpaired) electrons. The maximum absolute atomic E-state index is 4.42. The number of aryl methyl sites for hydroxylation is 1. The fourth-order valence-electron chi connectivity index (χ4n) is 2.13. The van der Waals surface area contributed by atoms with Crippen molar-refractivity contribution in [1.82, 2.24) is 10.3 Å². The second-order valence-electron chi connectivity index (χ2n) is 5.84. The van der Waals surface area contributed by atoms with Crippen LogP contribution in [-0.2, 0) is 6.42 Å². The molecule has 0 bridgehead atoms. The van der Waals surface area contributed by atoms with E-state index in [4.69, 9.17) is 0 Å². The Hall–Kier alpha value is -0.410. The van der Waals surface area contributed by atoms with Crippen LogP contribution in [0.15, 0.2) is 22.8 Å². The summed E-state index contributed by atoms with van der Waals surface area (Å²) < 4.78 is 1.05. The van der Waals surface area contributed by atoms with Crippen LogP contribution in [0.3, 0.4) is 0 Å². The smallest absolute Gasteiger partial charge is 0.0413 e. The lowest BCUT2D eigenvalue weighted by Gasteiger charge is -2.31. The molecule has 3 heteroatoms. The molecule has 1 heterocycles. The second-order valence-corrected chi connectivity index (χ2v) is 6.75. The van der Waals surface area contributed by atoms with Crippen molar-refractivity contribution in [2.45, 2.75) is 53.0 Å². The topological polar surface area (TPSA) is 24.9 Å². The van der Waals surface area contributed by atoms with E-state index in [1.165, 1.54) is 18.5 Å². The summed E-state index contributed by atoms with van der Waals surface area (Å²) in [6, 6.07) is 4.75. The van der Waals surface area contributed by atoms with Gasteiger partial charge in [0.15, 0.2) is 0 Å². The number of rotatable bonds is 6. The van der Waals surface area contributed by atoms with Crippen LogP contribution in [0.2, 0.25) is 0 Å². The molecule has 1 atom stereocenters. The highest BCUT2D eigenvalue weighted by molar-refractivity contribution is 9.10. The maximum atomic E-state index is 4.42. The summed E-state index contributed by atoms with van der Waals surface area (Å²) in [5.41, 5.74) is 1.51. The Kier molecular flexibility index (Phi) is 6.30. The van der Waals surface area contributed by atoms with E-state index < -0.39 is 0 Å². The molecule has 1 unspecified atom stereocenters. The number of nitrogens with one attached hydrogen (secondary N) is 1. The number of nitrogens with zero attached hydrogens (tertiary/aromatic N) is 1. The monoisotopic (exact) mass is 312 g/mol. The molecule has 0 aliphatic heterocycles. The Morgan fingerprint density at radius 3 is 2.56 bits per heavy atom. The van der Waals surface area contributed by atoms with Gasteiger partial charge in [0, 0.05) is 22.4 Å². The number of pyridine rings is 1. The van der Waals surface area contributed by atoms with Crippen LogP contribution in [0.4, 0.5) is 0 Å². The predicted octanol–water partition coefficient (Wildman–Crippen LogP) is 4.19. The fourth-order valence-corrected chi connectivity index (χ4v) is 2.36. The molecule has 1 aromatic heterocycles. The molecule has 0 aliphatic rings. The van der Waals surface area contributed by atoms with Gasteiger partial charge in [0.25, 0.3) is 0 Å². The maximum Gasteiger partial charge on any atom is 0.0413 e. The van der Waals surface area contributed by atoms with E-state index in [2.05, 4.69) is 66.1 Å². The van der Waals surface area contributed by atoms with Crippen LogP contribution in [0.1, 0.15) is 46.2 Å². The Bertz CT molecular complexity index is 341. The zero-order valence-electron chi connectivity index (χ0n) is 12.0. The Morgan fingerprint density at radius 1 is 1.33 bits per heavy atom. The molecule has 0 amide bonds. The molecular weight excluding hydrogens is 288 g/mol. The van der Waals surface area contributed by atoms with Crippen LogP contribution in [0.5, 0.6) is 0 Å². The van der Waals surface area contributed by atoms with Crippen molar-refractivity contribution in [3.8, 4) is 0 Å². The standard InChI is InChI=1S/C15H25BrN2/c1-5-17-14(15(2,3)4)8-6-7-13-10-9-12(16)11-18-13/h9-11,14,17H,5-8H2,1-4H3. The third kappa shape index (κ3) is 5.49. The zero-order valence-corrected chi connectivity index (χ0v) is 13.5. The third-order valence-corrected chi connectivity index (χ3v) is 3.68. The molecule has 0 saturated heterocycles. The summed E-state index contributed by atoms with van der Waals surface area (Å²) in [6.45, 7) is 10.1. The SMILES string of the molecule is CCNC(CCCc1ccc(Br)cn1)C(C)(C)C. The Morgan fingerprint density at radius 2 is 2.06 bits per heavy atom. The van der Waals surface area contributed by atoms with Crippen molar-refractivity contribution in [2.75, 3.05) is 6.54 Å². The van der Waals surface area contributed by atoms with Gasteiger partial charge in [-0.05, 0) is 59.3 Å². The van der Waals surface area contributed by atoms with Crippen molar-refractivity contribution in [3.63, 3.8) is 0 Å². The minimum atomic E-state index is 0.323. The van der Waals surface area contributed by atoms with Crippen molar-refractivity contribution in [2.24, 2.45) is 5.41 Å². The highest BCUT2D eigenvalue weighted by Gasteiger charge is 2.22. The number of hydrogen-bond donors (Lipinski definition) is 1. The van der Waals surface area contributed by atoms with Gasteiger partial charge in [-0.3, -0.25) is 4.98 Å². The van der Waals surface area contributed by atoms with E-state index in [1.54, 1.807) is 0 Å². The molecule has 0 aliphatic carbocycles. The van der Waals surface area contributed by atoms with Gasteiger partial charge in [-0.1, -0.05) is 27.7 Å². The van der Waals surface area contributed by atoms with Gasteiger partial charge in [0.2, 0.25) is 0 Å². The molecule has 0 saturated carbocycles. The largest absolute Gasteiger partial charge is 0.314 e. The summed E-state index contributed by atoms with van der Waals surface area (Å²) in [7, 11) is 0. The van der Waals surface area contributed by atoms with Crippen LogP contribution in [-0.4, -0.2) is 17.6 Å². The van der Waals surface area contributed by atoms with E-state index in [1.807, 2.05) is 6.20 Å². The van der Waals surface area contributed by atoms with E-state index in [0.29, 0.717) is 11.5 Å². The van der Waals surface area contributed by atoms with Gasteiger partial charge in [0.1, 0.15) is 0 Å². The van der Waals surface area contributed by atoms with Crippen molar-refractivity contribution < 1.29 is 0 Å². The van der Waals surface area contributed by atoms with E-state index >= 15 is 0 Å². The second kappa shape index (κ2) is 7.25. The average Bonchev–Trinajstić information content (AvgIpc) is 2.29. The van der Waals surface area contributed by atoms with Gasteiger partial charge in [0.05, 0.1) is 0 Å².